The van der Waals surface area contributed by atoms with Crippen LogP contribution in [0.4, 0.5) is 0 Å². The highest BCUT2D eigenvalue weighted by Crippen LogP contribution is 2.19. The molecule has 2 rings (SSSR count). The Hall–Kier alpha value is -1.77. The molecule has 1 amide bonds. The van der Waals surface area contributed by atoms with Crippen LogP contribution in [0.15, 0.2) is 34.7 Å². The Morgan fingerprint density at radius 3 is 2.65 bits per heavy atom. The van der Waals surface area contributed by atoms with Crippen molar-refractivity contribution in [3.05, 3.63) is 36.1 Å². The van der Waals surface area contributed by atoms with Crippen LogP contribution in [0.2, 0.25) is 0 Å². The van der Waals surface area contributed by atoms with Crippen molar-refractivity contribution in [3.8, 4) is 0 Å². The topological polar surface area (TPSA) is 42.2 Å². The molecule has 0 spiro atoms. The van der Waals surface area contributed by atoms with Crippen molar-refractivity contribution in [2.24, 2.45) is 5.41 Å². The van der Waals surface area contributed by atoms with E-state index in [-0.39, 0.29) is 11.3 Å². The SMILES string of the molecule is CC(C)(C)C(=O)NCc1cc2ccccc2o1. The molecule has 0 aliphatic carbocycles. The van der Waals surface area contributed by atoms with Crippen molar-refractivity contribution in [2.45, 2.75) is 27.3 Å². The first-order valence-corrected chi connectivity index (χ1v) is 5.72. The second kappa shape index (κ2) is 4.24. The van der Waals surface area contributed by atoms with Crippen LogP contribution in [-0.4, -0.2) is 5.91 Å². The van der Waals surface area contributed by atoms with E-state index in [9.17, 15) is 4.79 Å². The first-order valence-electron chi connectivity index (χ1n) is 5.72. The molecule has 0 radical (unpaired) electrons. The number of hydrogen-bond acceptors (Lipinski definition) is 2. The number of para-hydroxylation sites is 1. The summed E-state index contributed by atoms with van der Waals surface area (Å²) in [6.45, 7) is 6.10. The lowest BCUT2D eigenvalue weighted by Gasteiger charge is -2.16. The minimum absolute atomic E-state index is 0.0259. The summed E-state index contributed by atoms with van der Waals surface area (Å²) in [5.74, 6) is 0.807. The number of amides is 1. The summed E-state index contributed by atoms with van der Waals surface area (Å²) in [4.78, 5) is 11.7. The summed E-state index contributed by atoms with van der Waals surface area (Å²) < 4.78 is 5.62. The third-order valence-electron chi connectivity index (χ3n) is 2.58. The summed E-state index contributed by atoms with van der Waals surface area (Å²) in [6, 6.07) is 9.77. The molecule has 1 aromatic heterocycles. The number of nitrogens with one attached hydrogen (secondary N) is 1. The average Bonchev–Trinajstić information content (AvgIpc) is 2.66. The van der Waals surface area contributed by atoms with Gasteiger partial charge in [-0.3, -0.25) is 4.79 Å². The second-order valence-electron chi connectivity index (χ2n) is 5.18. The van der Waals surface area contributed by atoms with Crippen molar-refractivity contribution in [2.75, 3.05) is 0 Å². The smallest absolute Gasteiger partial charge is 0.225 e. The number of carbonyl (C=O) groups is 1. The van der Waals surface area contributed by atoms with Crippen LogP contribution in [0, 0.1) is 5.41 Å². The number of furan rings is 1. The van der Waals surface area contributed by atoms with Crippen LogP contribution >= 0.6 is 0 Å². The van der Waals surface area contributed by atoms with Gasteiger partial charge in [-0.05, 0) is 12.1 Å². The average molecular weight is 231 g/mol. The number of carbonyl (C=O) groups excluding carboxylic acids is 1. The summed E-state index contributed by atoms with van der Waals surface area (Å²) in [5, 5.41) is 3.93. The van der Waals surface area contributed by atoms with E-state index in [0.29, 0.717) is 6.54 Å². The van der Waals surface area contributed by atoms with Gasteiger partial charge in [-0.15, -0.1) is 0 Å². The Labute approximate surface area is 101 Å². The van der Waals surface area contributed by atoms with Gasteiger partial charge in [0.25, 0.3) is 0 Å². The Morgan fingerprint density at radius 2 is 2.00 bits per heavy atom. The number of benzene rings is 1. The summed E-state index contributed by atoms with van der Waals surface area (Å²) in [7, 11) is 0. The van der Waals surface area contributed by atoms with Gasteiger partial charge in [-0.2, -0.15) is 0 Å². The zero-order valence-corrected chi connectivity index (χ0v) is 10.4. The molecular weight excluding hydrogens is 214 g/mol. The third-order valence-corrected chi connectivity index (χ3v) is 2.58. The molecule has 3 nitrogen and oxygen atoms in total. The van der Waals surface area contributed by atoms with E-state index in [1.54, 1.807) is 0 Å². The first kappa shape index (κ1) is 11.7. The van der Waals surface area contributed by atoms with Gasteiger partial charge in [0.1, 0.15) is 11.3 Å². The van der Waals surface area contributed by atoms with Gasteiger partial charge in [0.05, 0.1) is 6.54 Å². The largest absolute Gasteiger partial charge is 0.459 e. The van der Waals surface area contributed by atoms with Gasteiger partial charge < -0.3 is 9.73 Å². The van der Waals surface area contributed by atoms with Crippen molar-refractivity contribution in [3.63, 3.8) is 0 Å². The van der Waals surface area contributed by atoms with E-state index >= 15 is 0 Å². The van der Waals surface area contributed by atoms with Crippen molar-refractivity contribution in [1.82, 2.24) is 5.32 Å². The lowest BCUT2D eigenvalue weighted by Crippen LogP contribution is -2.34. The summed E-state index contributed by atoms with van der Waals surface area (Å²) >= 11 is 0. The van der Waals surface area contributed by atoms with E-state index in [1.165, 1.54) is 0 Å². The fourth-order valence-corrected chi connectivity index (χ4v) is 1.56. The van der Waals surface area contributed by atoms with Crippen LogP contribution in [0.5, 0.6) is 0 Å². The quantitative estimate of drug-likeness (QED) is 0.863. The number of fused-ring (bicyclic) bond motifs is 1. The van der Waals surface area contributed by atoms with Gasteiger partial charge >= 0.3 is 0 Å². The molecule has 0 saturated carbocycles. The van der Waals surface area contributed by atoms with E-state index < -0.39 is 0 Å². The lowest BCUT2D eigenvalue weighted by molar-refractivity contribution is -0.128. The van der Waals surface area contributed by atoms with Gasteiger partial charge in [0.15, 0.2) is 0 Å². The molecule has 0 saturated heterocycles. The number of hydrogen-bond donors (Lipinski definition) is 1. The molecule has 0 atom stereocenters. The molecular formula is C14H17NO2. The van der Waals surface area contributed by atoms with Crippen molar-refractivity contribution in [1.29, 1.82) is 0 Å². The molecule has 2 aromatic rings. The molecule has 0 aliphatic heterocycles. The minimum Gasteiger partial charge on any atom is -0.459 e. The van der Waals surface area contributed by atoms with Gasteiger partial charge in [0.2, 0.25) is 5.91 Å². The monoisotopic (exact) mass is 231 g/mol. The van der Waals surface area contributed by atoms with Crippen LogP contribution in [0.3, 0.4) is 0 Å². The first-order chi connectivity index (χ1) is 7.97. The lowest BCUT2D eigenvalue weighted by atomic mass is 9.96. The fourth-order valence-electron chi connectivity index (χ4n) is 1.56. The molecule has 1 N–H and O–H groups in total. The number of rotatable bonds is 2. The second-order valence-corrected chi connectivity index (χ2v) is 5.18. The molecule has 3 heteroatoms. The predicted octanol–water partition coefficient (Wildman–Crippen LogP) is 3.10. The maximum Gasteiger partial charge on any atom is 0.225 e. The molecule has 0 fully saturated rings. The van der Waals surface area contributed by atoms with E-state index in [4.69, 9.17) is 4.42 Å². The van der Waals surface area contributed by atoms with E-state index in [1.807, 2.05) is 51.1 Å². The van der Waals surface area contributed by atoms with Crippen LogP contribution in [0.25, 0.3) is 11.0 Å². The Kier molecular flexibility index (Phi) is 2.92. The zero-order chi connectivity index (χ0) is 12.5. The molecule has 0 unspecified atom stereocenters. The molecule has 0 bridgehead atoms. The van der Waals surface area contributed by atoms with Crippen molar-refractivity contribution < 1.29 is 9.21 Å². The maximum atomic E-state index is 11.7. The standard InChI is InChI=1S/C14H17NO2/c1-14(2,3)13(16)15-9-11-8-10-6-4-5-7-12(10)17-11/h4-8H,9H2,1-3H3,(H,15,16). The third kappa shape index (κ3) is 2.67. The van der Waals surface area contributed by atoms with Gasteiger partial charge in [0, 0.05) is 10.8 Å². The Balaban J connectivity index is 2.07. The predicted molar refractivity (Wildman–Crippen MR) is 67.5 cm³/mol. The Morgan fingerprint density at radius 1 is 1.29 bits per heavy atom. The highest BCUT2D eigenvalue weighted by Gasteiger charge is 2.20. The van der Waals surface area contributed by atoms with Crippen LogP contribution in [-0.2, 0) is 11.3 Å². The highest BCUT2D eigenvalue weighted by molar-refractivity contribution is 5.81. The maximum absolute atomic E-state index is 11.7. The molecule has 1 aromatic carbocycles. The summed E-state index contributed by atoms with van der Waals surface area (Å²) in [5.41, 5.74) is 0.485. The van der Waals surface area contributed by atoms with Crippen molar-refractivity contribution >= 4 is 16.9 Å². The van der Waals surface area contributed by atoms with E-state index in [0.717, 1.165) is 16.7 Å². The zero-order valence-electron chi connectivity index (χ0n) is 10.4. The van der Waals surface area contributed by atoms with Gasteiger partial charge in [-0.1, -0.05) is 39.0 Å². The normalized spacial score (nSPS) is 11.7. The molecule has 1 heterocycles. The summed E-state index contributed by atoms with van der Waals surface area (Å²) in [6.07, 6.45) is 0. The van der Waals surface area contributed by atoms with E-state index in [2.05, 4.69) is 5.32 Å². The minimum atomic E-state index is -0.369. The van der Waals surface area contributed by atoms with Crippen LogP contribution in [0.1, 0.15) is 26.5 Å². The van der Waals surface area contributed by atoms with Crippen LogP contribution < -0.4 is 5.32 Å². The Bertz CT molecular complexity index is 501. The highest BCUT2D eigenvalue weighted by atomic mass is 16.3. The van der Waals surface area contributed by atoms with Gasteiger partial charge in [-0.25, -0.2) is 0 Å². The molecule has 90 valence electrons. The molecule has 0 aliphatic rings. The molecule has 17 heavy (non-hydrogen) atoms. The fraction of sp³-hybridized carbons (Fsp3) is 0.357.